The fourth-order valence-electron chi connectivity index (χ4n) is 4.97. The maximum absolute atomic E-state index is 13.1. The van der Waals surface area contributed by atoms with Gasteiger partial charge in [0.05, 0.1) is 5.75 Å². The Labute approximate surface area is 188 Å². The van der Waals surface area contributed by atoms with Gasteiger partial charge in [-0.15, -0.1) is 0 Å². The van der Waals surface area contributed by atoms with E-state index in [2.05, 4.69) is 5.32 Å². The first-order chi connectivity index (χ1) is 15.2. The van der Waals surface area contributed by atoms with Crippen molar-refractivity contribution in [1.29, 1.82) is 0 Å². The summed E-state index contributed by atoms with van der Waals surface area (Å²) in [6.45, 7) is 2.52. The predicted molar refractivity (Wildman–Crippen MR) is 118 cm³/mol. The van der Waals surface area contributed by atoms with Crippen LogP contribution in [0.4, 0.5) is 4.79 Å². The van der Waals surface area contributed by atoms with E-state index < -0.39 is 21.6 Å². The SMILES string of the molecule is C[C@@H]1CCCC[C@]12NC(=O)N(CC(=O)N1CCN(S(=O)(=O)Cc3ccccc3)CC1)C2=O. The Morgan fingerprint density at radius 1 is 1.09 bits per heavy atom. The Hall–Kier alpha value is -2.46. The summed E-state index contributed by atoms with van der Waals surface area (Å²) in [5.74, 6) is -0.697. The molecule has 2 saturated heterocycles. The summed E-state index contributed by atoms with van der Waals surface area (Å²) >= 11 is 0. The van der Waals surface area contributed by atoms with Crippen LogP contribution in [0.1, 0.15) is 38.2 Å². The lowest BCUT2D eigenvalue weighted by atomic mass is 9.73. The molecule has 1 N–H and O–H groups in total. The van der Waals surface area contributed by atoms with E-state index in [-0.39, 0.29) is 56.2 Å². The van der Waals surface area contributed by atoms with E-state index in [4.69, 9.17) is 0 Å². The van der Waals surface area contributed by atoms with E-state index in [9.17, 15) is 22.8 Å². The van der Waals surface area contributed by atoms with Crippen molar-refractivity contribution in [3.63, 3.8) is 0 Å². The Morgan fingerprint density at radius 2 is 1.78 bits per heavy atom. The number of nitrogens with zero attached hydrogens (tertiary/aromatic N) is 3. The van der Waals surface area contributed by atoms with Gasteiger partial charge in [-0.3, -0.25) is 14.5 Å². The molecule has 2 heterocycles. The molecule has 174 valence electrons. The first-order valence-corrected chi connectivity index (χ1v) is 12.8. The van der Waals surface area contributed by atoms with Crippen molar-refractivity contribution in [2.24, 2.45) is 5.92 Å². The standard InChI is InChI=1S/C22H30N4O5S/c1-17-7-5-6-10-22(17)20(28)26(21(29)23-22)15-19(27)24-11-13-25(14-12-24)32(30,31)16-18-8-3-2-4-9-18/h2-4,8-9,17H,5-7,10-16H2,1H3,(H,23,29)/t17-,22+/m1/s1. The van der Waals surface area contributed by atoms with Gasteiger partial charge in [-0.2, -0.15) is 4.31 Å². The fourth-order valence-corrected chi connectivity index (χ4v) is 6.48. The molecule has 0 bridgehead atoms. The van der Waals surface area contributed by atoms with Gasteiger partial charge in [-0.1, -0.05) is 50.1 Å². The van der Waals surface area contributed by atoms with Crippen molar-refractivity contribution in [1.82, 2.24) is 19.4 Å². The number of hydrogen-bond donors (Lipinski definition) is 1. The molecule has 1 saturated carbocycles. The van der Waals surface area contributed by atoms with Crippen molar-refractivity contribution in [2.45, 2.75) is 43.9 Å². The second-order valence-electron chi connectivity index (χ2n) is 8.96. The molecule has 4 amide bonds. The number of benzene rings is 1. The topological polar surface area (TPSA) is 107 Å². The van der Waals surface area contributed by atoms with Gasteiger partial charge in [0.25, 0.3) is 5.91 Å². The number of carbonyl (C=O) groups excluding carboxylic acids is 3. The highest BCUT2D eigenvalue weighted by atomic mass is 32.2. The zero-order chi connectivity index (χ0) is 22.9. The largest absolute Gasteiger partial charge is 0.338 e. The normalized spacial score (nSPS) is 27.1. The number of imide groups is 1. The minimum absolute atomic E-state index is 0.0335. The zero-order valence-corrected chi connectivity index (χ0v) is 19.1. The highest BCUT2D eigenvalue weighted by molar-refractivity contribution is 7.88. The van der Waals surface area contributed by atoms with E-state index in [0.717, 1.165) is 29.7 Å². The number of hydrogen-bond acceptors (Lipinski definition) is 5. The van der Waals surface area contributed by atoms with Gasteiger partial charge in [0, 0.05) is 26.2 Å². The van der Waals surface area contributed by atoms with Crippen molar-refractivity contribution >= 4 is 27.9 Å². The van der Waals surface area contributed by atoms with Gasteiger partial charge >= 0.3 is 6.03 Å². The molecule has 0 aromatic heterocycles. The summed E-state index contributed by atoms with van der Waals surface area (Å²) in [5.41, 5.74) is -0.171. The second kappa shape index (κ2) is 8.82. The van der Waals surface area contributed by atoms with Gasteiger partial charge < -0.3 is 10.2 Å². The van der Waals surface area contributed by atoms with E-state index >= 15 is 0 Å². The van der Waals surface area contributed by atoms with Crippen molar-refractivity contribution in [3.8, 4) is 0 Å². The fraction of sp³-hybridized carbons (Fsp3) is 0.591. The summed E-state index contributed by atoms with van der Waals surface area (Å²) in [6, 6.07) is 8.47. The Kier molecular flexibility index (Phi) is 6.26. The molecule has 3 aliphatic rings. The number of piperazine rings is 1. The summed E-state index contributed by atoms with van der Waals surface area (Å²) in [4.78, 5) is 41.0. The van der Waals surface area contributed by atoms with Gasteiger partial charge in [0.2, 0.25) is 15.9 Å². The molecular formula is C22H30N4O5S. The Balaban J connectivity index is 1.34. The lowest BCUT2D eigenvalue weighted by Gasteiger charge is -2.37. The van der Waals surface area contributed by atoms with Crippen LogP contribution in [0.5, 0.6) is 0 Å². The molecule has 1 aromatic carbocycles. The van der Waals surface area contributed by atoms with Crippen molar-refractivity contribution in [2.75, 3.05) is 32.7 Å². The lowest BCUT2D eigenvalue weighted by molar-refractivity contribution is -0.141. The molecule has 4 rings (SSSR count). The molecule has 1 aliphatic carbocycles. The quantitative estimate of drug-likeness (QED) is 0.661. The summed E-state index contributed by atoms with van der Waals surface area (Å²) in [5, 5.41) is 2.86. The molecule has 0 radical (unpaired) electrons. The lowest BCUT2D eigenvalue weighted by Crippen LogP contribution is -2.55. The number of nitrogens with one attached hydrogen (secondary N) is 1. The molecule has 3 fully saturated rings. The zero-order valence-electron chi connectivity index (χ0n) is 18.3. The number of rotatable bonds is 5. The van der Waals surface area contributed by atoms with E-state index in [1.807, 2.05) is 13.0 Å². The van der Waals surface area contributed by atoms with E-state index in [0.29, 0.717) is 6.42 Å². The smallest absolute Gasteiger partial charge is 0.325 e. The van der Waals surface area contributed by atoms with Crippen LogP contribution in [-0.4, -0.2) is 78.6 Å². The van der Waals surface area contributed by atoms with Gasteiger partial charge in [0.1, 0.15) is 12.1 Å². The van der Waals surface area contributed by atoms with Gasteiger partial charge in [-0.25, -0.2) is 13.2 Å². The summed E-state index contributed by atoms with van der Waals surface area (Å²) in [7, 11) is -3.48. The monoisotopic (exact) mass is 462 g/mol. The average Bonchev–Trinajstić information content (AvgIpc) is 3.01. The highest BCUT2D eigenvalue weighted by Gasteiger charge is 2.55. The van der Waals surface area contributed by atoms with Crippen LogP contribution in [0, 0.1) is 5.92 Å². The summed E-state index contributed by atoms with van der Waals surface area (Å²) in [6.07, 6.45) is 3.37. The van der Waals surface area contributed by atoms with Crippen LogP contribution in [0.3, 0.4) is 0 Å². The first kappa shape index (κ1) is 22.7. The van der Waals surface area contributed by atoms with Crippen molar-refractivity contribution < 1.29 is 22.8 Å². The van der Waals surface area contributed by atoms with Crippen LogP contribution in [0.15, 0.2) is 30.3 Å². The molecule has 32 heavy (non-hydrogen) atoms. The number of amides is 4. The third-order valence-electron chi connectivity index (χ3n) is 6.97. The first-order valence-electron chi connectivity index (χ1n) is 11.2. The molecule has 9 nitrogen and oxygen atoms in total. The molecule has 0 unspecified atom stereocenters. The molecule has 2 atom stereocenters. The average molecular weight is 463 g/mol. The van der Waals surface area contributed by atoms with Crippen LogP contribution in [0.25, 0.3) is 0 Å². The number of urea groups is 1. The number of carbonyl (C=O) groups is 3. The maximum atomic E-state index is 13.1. The summed E-state index contributed by atoms with van der Waals surface area (Å²) < 4.78 is 26.8. The van der Waals surface area contributed by atoms with Crippen LogP contribution < -0.4 is 5.32 Å². The van der Waals surface area contributed by atoms with Crippen molar-refractivity contribution in [3.05, 3.63) is 35.9 Å². The van der Waals surface area contributed by atoms with E-state index in [1.54, 1.807) is 24.3 Å². The highest BCUT2D eigenvalue weighted by Crippen LogP contribution is 2.38. The molecule has 1 aromatic rings. The predicted octanol–water partition coefficient (Wildman–Crippen LogP) is 1.16. The van der Waals surface area contributed by atoms with Gasteiger partial charge in [-0.05, 0) is 24.3 Å². The maximum Gasteiger partial charge on any atom is 0.325 e. The third kappa shape index (κ3) is 4.25. The molecule has 2 aliphatic heterocycles. The van der Waals surface area contributed by atoms with Gasteiger partial charge in [0.15, 0.2) is 0 Å². The molecule has 1 spiro atoms. The van der Waals surface area contributed by atoms with Crippen LogP contribution in [-0.2, 0) is 25.4 Å². The van der Waals surface area contributed by atoms with Crippen LogP contribution in [0.2, 0.25) is 0 Å². The van der Waals surface area contributed by atoms with E-state index in [1.165, 1.54) is 9.21 Å². The molecular weight excluding hydrogens is 432 g/mol. The molecule has 10 heteroatoms. The van der Waals surface area contributed by atoms with Crippen LogP contribution >= 0.6 is 0 Å². The second-order valence-corrected chi connectivity index (χ2v) is 10.9. The Bertz CT molecular complexity index is 991. The Morgan fingerprint density at radius 3 is 2.44 bits per heavy atom. The minimum atomic E-state index is -3.48. The minimum Gasteiger partial charge on any atom is -0.338 e. The number of sulfonamides is 1. The third-order valence-corrected chi connectivity index (χ3v) is 8.82.